The van der Waals surface area contributed by atoms with Crippen LogP contribution in [0.5, 0.6) is 0 Å². The number of nitrogens with zero attached hydrogens (tertiary/aromatic N) is 1. The molecule has 0 radical (unpaired) electrons. The van der Waals surface area contributed by atoms with Crippen molar-refractivity contribution in [2.45, 2.75) is 19.9 Å². The predicted octanol–water partition coefficient (Wildman–Crippen LogP) is 4.45. The van der Waals surface area contributed by atoms with Crippen molar-refractivity contribution < 1.29 is 0 Å². The Labute approximate surface area is 150 Å². The standard InChI is InChI=1S/C23H26N2/c1-17-10-11-20(18(2)16-17)23(25-14-12-24-13-15-25)22-9-5-7-19-6-3-4-8-21(19)22/h3-11,16,23-24H,12-15H2,1-2H3. The summed E-state index contributed by atoms with van der Waals surface area (Å²) in [5.74, 6) is 0. The monoisotopic (exact) mass is 330 g/mol. The van der Waals surface area contributed by atoms with Crippen molar-refractivity contribution in [3.63, 3.8) is 0 Å². The number of piperazine rings is 1. The van der Waals surface area contributed by atoms with Crippen molar-refractivity contribution >= 4 is 10.8 Å². The molecular formula is C23H26N2. The van der Waals surface area contributed by atoms with E-state index in [9.17, 15) is 0 Å². The molecule has 1 unspecified atom stereocenters. The first-order valence-electron chi connectivity index (χ1n) is 9.23. The molecule has 1 aliphatic heterocycles. The zero-order valence-electron chi connectivity index (χ0n) is 15.1. The maximum atomic E-state index is 3.49. The summed E-state index contributed by atoms with van der Waals surface area (Å²) >= 11 is 0. The van der Waals surface area contributed by atoms with Crippen LogP contribution in [0.3, 0.4) is 0 Å². The van der Waals surface area contributed by atoms with E-state index in [1.807, 2.05) is 0 Å². The molecule has 0 saturated carbocycles. The molecule has 4 rings (SSSR count). The largest absolute Gasteiger partial charge is 0.314 e. The Morgan fingerprint density at radius 3 is 2.40 bits per heavy atom. The number of hydrogen-bond acceptors (Lipinski definition) is 2. The van der Waals surface area contributed by atoms with E-state index in [-0.39, 0.29) is 0 Å². The van der Waals surface area contributed by atoms with Crippen LogP contribution >= 0.6 is 0 Å². The smallest absolute Gasteiger partial charge is 0.0611 e. The summed E-state index contributed by atoms with van der Waals surface area (Å²) in [5, 5.41) is 6.18. The lowest BCUT2D eigenvalue weighted by Crippen LogP contribution is -2.45. The summed E-state index contributed by atoms with van der Waals surface area (Å²) in [6.45, 7) is 8.72. The number of hydrogen-bond donors (Lipinski definition) is 1. The van der Waals surface area contributed by atoms with Gasteiger partial charge in [0.15, 0.2) is 0 Å². The Morgan fingerprint density at radius 2 is 1.60 bits per heavy atom. The van der Waals surface area contributed by atoms with E-state index in [0.29, 0.717) is 6.04 Å². The second kappa shape index (κ2) is 6.99. The second-order valence-electron chi connectivity index (χ2n) is 7.12. The molecule has 0 aromatic heterocycles. The Morgan fingerprint density at radius 1 is 0.840 bits per heavy atom. The first-order chi connectivity index (χ1) is 12.2. The fourth-order valence-corrected chi connectivity index (χ4v) is 4.12. The van der Waals surface area contributed by atoms with Crippen LogP contribution in [0, 0.1) is 13.8 Å². The molecule has 2 heteroatoms. The molecule has 1 saturated heterocycles. The molecule has 0 aliphatic carbocycles. The summed E-state index contributed by atoms with van der Waals surface area (Å²) in [7, 11) is 0. The van der Waals surface area contributed by atoms with Crippen LogP contribution in [0.1, 0.15) is 28.3 Å². The van der Waals surface area contributed by atoms with Gasteiger partial charge in [-0.25, -0.2) is 0 Å². The molecule has 3 aromatic carbocycles. The maximum Gasteiger partial charge on any atom is 0.0611 e. The number of nitrogens with one attached hydrogen (secondary N) is 1. The van der Waals surface area contributed by atoms with Gasteiger partial charge in [0.1, 0.15) is 0 Å². The van der Waals surface area contributed by atoms with E-state index in [4.69, 9.17) is 0 Å². The summed E-state index contributed by atoms with van der Waals surface area (Å²) < 4.78 is 0. The van der Waals surface area contributed by atoms with E-state index in [2.05, 4.69) is 84.7 Å². The fourth-order valence-electron chi connectivity index (χ4n) is 4.12. The lowest BCUT2D eigenvalue weighted by Gasteiger charge is -2.37. The van der Waals surface area contributed by atoms with E-state index in [1.54, 1.807) is 0 Å². The van der Waals surface area contributed by atoms with Crippen molar-refractivity contribution in [3.8, 4) is 0 Å². The van der Waals surface area contributed by atoms with Gasteiger partial charge in [-0.2, -0.15) is 0 Å². The first kappa shape index (κ1) is 16.3. The topological polar surface area (TPSA) is 15.3 Å². The van der Waals surface area contributed by atoms with Crippen LogP contribution < -0.4 is 5.32 Å². The molecule has 128 valence electrons. The Balaban J connectivity index is 1.90. The summed E-state index contributed by atoms with van der Waals surface area (Å²) in [6, 6.07) is 22.7. The minimum atomic E-state index is 0.314. The molecule has 1 aliphatic rings. The summed E-state index contributed by atoms with van der Waals surface area (Å²) in [4.78, 5) is 2.63. The molecule has 0 bridgehead atoms. The maximum absolute atomic E-state index is 3.49. The fraction of sp³-hybridized carbons (Fsp3) is 0.304. The second-order valence-corrected chi connectivity index (χ2v) is 7.12. The van der Waals surface area contributed by atoms with Crippen LogP contribution in [0.25, 0.3) is 10.8 Å². The number of rotatable bonds is 3. The zero-order chi connectivity index (χ0) is 17.2. The number of benzene rings is 3. The van der Waals surface area contributed by atoms with Crippen molar-refractivity contribution in [2.24, 2.45) is 0 Å². The van der Waals surface area contributed by atoms with Gasteiger partial charge in [0.2, 0.25) is 0 Å². The average molecular weight is 330 g/mol. The minimum Gasteiger partial charge on any atom is -0.314 e. The molecule has 3 aromatic rings. The Kier molecular flexibility index (Phi) is 4.56. The molecule has 1 fully saturated rings. The van der Waals surface area contributed by atoms with Gasteiger partial charge in [0.05, 0.1) is 6.04 Å². The van der Waals surface area contributed by atoms with Crippen molar-refractivity contribution in [3.05, 3.63) is 82.9 Å². The van der Waals surface area contributed by atoms with E-state index >= 15 is 0 Å². The highest BCUT2D eigenvalue weighted by molar-refractivity contribution is 5.86. The van der Waals surface area contributed by atoms with E-state index in [1.165, 1.54) is 33.0 Å². The highest BCUT2D eigenvalue weighted by Crippen LogP contribution is 2.35. The summed E-state index contributed by atoms with van der Waals surface area (Å²) in [5.41, 5.74) is 5.57. The minimum absolute atomic E-state index is 0.314. The third kappa shape index (κ3) is 3.20. The van der Waals surface area contributed by atoms with Crippen LogP contribution in [0.2, 0.25) is 0 Å². The van der Waals surface area contributed by atoms with Gasteiger partial charge in [0.25, 0.3) is 0 Å². The molecule has 0 spiro atoms. The first-order valence-corrected chi connectivity index (χ1v) is 9.23. The SMILES string of the molecule is Cc1ccc(C(c2cccc3ccccc23)N2CCNCC2)c(C)c1. The molecule has 1 N–H and O–H groups in total. The van der Waals surface area contributed by atoms with Gasteiger partial charge in [-0.1, -0.05) is 66.2 Å². The van der Waals surface area contributed by atoms with E-state index < -0.39 is 0 Å². The van der Waals surface area contributed by atoms with Gasteiger partial charge in [-0.05, 0) is 41.3 Å². The average Bonchev–Trinajstić information content (AvgIpc) is 2.65. The lowest BCUT2D eigenvalue weighted by molar-refractivity contribution is 0.199. The van der Waals surface area contributed by atoms with Crippen molar-refractivity contribution in [2.75, 3.05) is 26.2 Å². The third-order valence-electron chi connectivity index (χ3n) is 5.35. The van der Waals surface area contributed by atoms with Crippen molar-refractivity contribution in [1.29, 1.82) is 0 Å². The highest BCUT2D eigenvalue weighted by Gasteiger charge is 2.26. The van der Waals surface area contributed by atoms with Gasteiger partial charge in [-0.3, -0.25) is 4.90 Å². The number of aryl methyl sites for hydroxylation is 2. The molecule has 1 heterocycles. The predicted molar refractivity (Wildman–Crippen MR) is 106 cm³/mol. The Bertz CT molecular complexity index is 873. The van der Waals surface area contributed by atoms with Gasteiger partial charge >= 0.3 is 0 Å². The molecule has 0 amide bonds. The van der Waals surface area contributed by atoms with Gasteiger partial charge < -0.3 is 5.32 Å². The Hall–Kier alpha value is -2.16. The van der Waals surface area contributed by atoms with Crippen LogP contribution in [-0.4, -0.2) is 31.1 Å². The lowest BCUT2D eigenvalue weighted by atomic mass is 9.89. The summed E-state index contributed by atoms with van der Waals surface area (Å²) in [6.07, 6.45) is 0. The molecule has 1 atom stereocenters. The van der Waals surface area contributed by atoms with Gasteiger partial charge in [0, 0.05) is 26.2 Å². The number of fused-ring (bicyclic) bond motifs is 1. The van der Waals surface area contributed by atoms with Gasteiger partial charge in [-0.15, -0.1) is 0 Å². The van der Waals surface area contributed by atoms with Crippen LogP contribution in [-0.2, 0) is 0 Å². The quantitative estimate of drug-likeness (QED) is 0.763. The van der Waals surface area contributed by atoms with E-state index in [0.717, 1.165) is 26.2 Å². The molecule has 2 nitrogen and oxygen atoms in total. The van der Waals surface area contributed by atoms with Crippen molar-refractivity contribution in [1.82, 2.24) is 10.2 Å². The third-order valence-corrected chi connectivity index (χ3v) is 5.35. The normalized spacial score (nSPS) is 16.9. The molecular weight excluding hydrogens is 304 g/mol. The highest BCUT2D eigenvalue weighted by atomic mass is 15.2. The van der Waals surface area contributed by atoms with Crippen LogP contribution in [0.15, 0.2) is 60.7 Å². The zero-order valence-corrected chi connectivity index (χ0v) is 15.1. The molecule has 25 heavy (non-hydrogen) atoms. The van der Waals surface area contributed by atoms with Crippen LogP contribution in [0.4, 0.5) is 0 Å².